The van der Waals surface area contributed by atoms with Crippen molar-refractivity contribution in [2.45, 2.75) is 31.8 Å². The number of likely N-dealkylation sites (tertiary alicyclic amines) is 1. The zero-order valence-electron chi connectivity index (χ0n) is 17.9. The molecule has 1 aromatic heterocycles. The molecular formula is C26H29N3O2. The van der Waals surface area contributed by atoms with Gasteiger partial charge in [-0.15, -0.1) is 0 Å². The van der Waals surface area contributed by atoms with Crippen molar-refractivity contribution in [2.24, 2.45) is 11.7 Å². The van der Waals surface area contributed by atoms with Gasteiger partial charge in [-0.2, -0.15) is 0 Å². The summed E-state index contributed by atoms with van der Waals surface area (Å²) in [7, 11) is 1.65. The molecule has 0 radical (unpaired) electrons. The van der Waals surface area contributed by atoms with E-state index in [0.29, 0.717) is 5.88 Å². The molecule has 0 saturated carbocycles. The number of carbonyl (C=O) groups excluding carboxylic acids is 1. The number of hydrogen-bond acceptors (Lipinski definition) is 4. The number of ether oxygens (including phenoxy) is 1. The quantitative estimate of drug-likeness (QED) is 0.632. The predicted molar refractivity (Wildman–Crippen MR) is 122 cm³/mol. The highest BCUT2D eigenvalue weighted by Crippen LogP contribution is 2.29. The van der Waals surface area contributed by atoms with Gasteiger partial charge in [-0.1, -0.05) is 60.7 Å². The molecule has 2 heterocycles. The lowest BCUT2D eigenvalue weighted by Crippen LogP contribution is -2.46. The number of nitrogens with two attached hydrogens (primary N) is 1. The Hall–Kier alpha value is -3.18. The SMILES string of the molecule is COc1ncccc1CN1CCC(C(N)=O)CC1Cc1ccc(-c2ccccc2)cc1. The van der Waals surface area contributed by atoms with Gasteiger partial charge >= 0.3 is 0 Å². The first-order chi connectivity index (χ1) is 15.1. The summed E-state index contributed by atoms with van der Waals surface area (Å²) in [6.07, 6.45) is 4.19. The third kappa shape index (κ3) is 5.12. The molecule has 4 rings (SSSR count). The molecule has 2 unspecified atom stereocenters. The van der Waals surface area contributed by atoms with Crippen LogP contribution in [-0.4, -0.2) is 35.5 Å². The monoisotopic (exact) mass is 415 g/mol. The summed E-state index contributed by atoms with van der Waals surface area (Å²) in [6.45, 7) is 1.58. The number of piperidine rings is 1. The summed E-state index contributed by atoms with van der Waals surface area (Å²) in [5.74, 6) is 0.397. The first kappa shape index (κ1) is 21.1. The van der Waals surface area contributed by atoms with E-state index >= 15 is 0 Å². The number of methoxy groups -OCH3 is 1. The van der Waals surface area contributed by atoms with Crippen LogP contribution in [0.2, 0.25) is 0 Å². The second kappa shape index (κ2) is 9.75. The Morgan fingerprint density at radius 3 is 2.52 bits per heavy atom. The summed E-state index contributed by atoms with van der Waals surface area (Å²) < 4.78 is 5.44. The molecule has 0 spiro atoms. The number of amides is 1. The second-order valence-electron chi connectivity index (χ2n) is 8.19. The highest BCUT2D eigenvalue weighted by atomic mass is 16.5. The van der Waals surface area contributed by atoms with Gasteiger partial charge in [0.25, 0.3) is 0 Å². The number of pyridine rings is 1. The second-order valence-corrected chi connectivity index (χ2v) is 8.19. The van der Waals surface area contributed by atoms with Crippen LogP contribution in [0, 0.1) is 5.92 Å². The van der Waals surface area contributed by atoms with Gasteiger partial charge in [-0.05, 0) is 48.6 Å². The third-order valence-electron chi connectivity index (χ3n) is 6.19. The molecule has 3 aromatic rings. The topological polar surface area (TPSA) is 68.4 Å². The van der Waals surface area contributed by atoms with E-state index in [1.54, 1.807) is 13.3 Å². The molecule has 1 aliphatic heterocycles. The van der Waals surface area contributed by atoms with Gasteiger partial charge in [0.2, 0.25) is 11.8 Å². The average molecular weight is 416 g/mol. The molecule has 5 heteroatoms. The zero-order valence-corrected chi connectivity index (χ0v) is 17.9. The molecule has 31 heavy (non-hydrogen) atoms. The Bertz CT molecular complexity index is 1000. The van der Waals surface area contributed by atoms with E-state index in [1.165, 1.54) is 16.7 Å². The fraction of sp³-hybridized carbons (Fsp3) is 0.308. The predicted octanol–water partition coefficient (Wildman–Crippen LogP) is 4.07. The van der Waals surface area contributed by atoms with Crippen LogP contribution in [-0.2, 0) is 17.8 Å². The van der Waals surface area contributed by atoms with Crippen molar-refractivity contribution in [1.82, 2.24) is 9.88 Å². The lowest BCUT2D eigenvalue weighted by atomic mass is 9.86. The number of rotatable bonds is 7. The molecular weight excluding hydrogens is 386 g/mol. The molecule has 2 N–H and O–H groups in total. The summed E-state index contributed by atoms with van der Waals surface area (Å²) in [4.78, 5) is 18.7. The van der Waals surface area contributed by atoms with Crippen molar-refractivity contribution >= 4 is 5.91 Å². The number of carbonyl (C=O) groups is 1. The van der Waals surface area contributed by atoms with Crippen LogP contribution in [0.4, 0.5) is 0 Å². The van der Waals surface area contributed by atoms with Crippen molar-refractivity contribution < 1.29 is 9.53 Å². The van der Waals surface area contributed by atoms with Gasteiger partial charge in [0.15, 0.2) is 0 Å². The van der Waals surface area contributed by atoms with Crippen molar-refractivity contribution in [3.05, 3.63) is 84.1 Å². The van der Waals surface area contributed by atoms with E-state index in [-0.39, 0.29) is 17.9 Å². The molecule has 0 bridgehead atoms. The van der Waals surface area contributed by atoms with Crippen molar-refractivity contribution in [3.63, 3.8) is 0 Å². The Balaban J connectivity index is 1.52. The van der Waals surface area contributed by atoms with E-state index in [1.807, 2.05) is 12.1 Å². The maximum Gasteiger partial charge on any atom is 0.220 e. The van der Waals surface area contributed by atoms with E-state index < -0.39 is 0 Å². The van der Waals surface area contributed by atoms with Crippen LogP contribution >= 0.6 is 0 Å². The van der Waals surface area contributed by atoms with Gasteiger partial charge in [0, 0.05) is 30.3 Å². The normalized spacial score (nSPS) is 19.1. The van der Waals surface area contributed by atoms with Gasteiger partial charge in [-0.25, -0.2) is 4.98 Å². The van der Waals surface area contributed by atoms with Crippen LogP contribution in [0.3, 0.4) is 0 Å². The molecule has 2 atom stereocenters. The van der Waals surface area contributed by atoms with Gasteiger partial charge < -0.3 is 10.5 Å². The summed E-state index contributed by atoms with van der Waals surface area (Å²) >= 11 is 0. The highest BCUT2D eigenvalue weighted by molar-refractivity contribution is 5.76. The molecule has 160 valence electrons. The van der Waals surface area contributed by atoms with Crippen LogP contribution in [0.25, 0.3) is 11.1 Å². The first-order valence-electron chi connectivity index (χ1n) is 10.8. The zero-order chi connectivity index (χ0) is 21.6. The number of benzene rings is 2. The van der Waals surface area contributed by atoms with E-state index in [9.17, 15) is 4.79 Å². The summed E-state index contributed by atoms with van der Waals surface area (Å²) in [5.41, 5.74) is 10.4. The Labute approximate surface area is 183 Å². The lowest BCUT2D eigenvalue weighted by Gasteiger charge is -2.39. The molecule has 1 fully saturated rings. The van der Waals surface area contributed by atoms with Crippen molar-refractivity contribution in [2.75, 3.05) is 13.7 Å². The van der Waals surface area contributed by atoms with Gasteiger partial charge in [0.1, 0.15) is 0 Å². The minimum atomic E-state index is -0.192. The molecule has 1 amide bonds. The number of aromatic nitrogens is 1. The number of hydrogen-bond donors (Lipinski definition) is 1. The Morgan fingerprint density at radius 1 is 1.06 bits per heavy atom. The first-order valence-corrected chi connectivity index (χ1v) is 10.8. The van der Waals surface area contributed by atoms with Crippen LogP contribution in [0.15, 0.2) is 72.9 Å². The van der Waals surface area contributed by atoms with E-state index in [0.717, 1.165) is 37.9 Å². The van der Waals surface area contributed by atoms with Crippen LogP contribution < -0.4 is 10.5 Å². The standard InChI is InChI=1S/C26H29N3O2/c1-31-26-23(8-5-14-28-26)18-29-15-13-22(25(27)30)17-24(29)16-19-9-11-21(12-10-19)20-6-3-2-4-7-20/h2-12,14,22,24H,13,15-18H2,1H3,(H2,27,30). The summed E-state index contributed by atoms with van der Waals surface area (Å²) in [5, 5.41) is 0. The molecule has 1 aliphatic rings. The maximum absolute atomic E-state index is 11.9. The minimum Gasteiger partial charge on any atom is -0.481 e. The summed E-state index contributed by atoms with van der Waals surface area (Å²) in [6, 6.07) is 23.3. The maximum atomic E-state index is 11.9. The van der Waals surface area contributed by atoms with E-state index in [2.05, 4.69) is 64.5 Å². The average Bonchev–Trinajstić information content (AvgIpc) is 2.81. The smallest absolute Gasteiger partial charge is 0.220 e. The van der Waals surface area contributed by atoms with Crippen molar-refractivity contribution in [3.8, 4) is 17.0 Å². The van der Waals surface area contributed by atoms with Gasteiger partial charge in [0.05, 0.1) is 7.11 Å². The van der Waals surface area contributed by atoms with Crippen LogP contribution in [0.1, 0.15) is 24.0 Å². The van der Waals surface area contributed by atoms with Crippen LogP contribution in [0.5, 0.6) is 5.88 Å². The fourth-order valence-corrected chi connectivity index (χ4v) is 4.46. The minimum absolute atomic E-state index is 0.0689. The molecule has 1 saturated heterocycles. The number of nitrogens with zero attached hydrogens (tertiary/aromatic N) is 2. The fourth-order valence-electron chi connectivity index (χ4n) is 4.46. The van der Waals surface area contributed by atoms with Crippen molar-refractivity contribution in [1.29, 1.82) is 0 Å². The van der Waals surface area contributed by atoms with Gasteiger partial charge in [-0.3, -0.25) is 9.69 Å². The third-order valence-corrected chi connectivity index (χ3v) is 6.19. The Kier molecular flexibility index (Phi) is 6.63. The number of primary amides is 1. The molecule has 0 aliphatic carbocycles. The van der Waals surface area contributed by atoms with E-state index in [4.69, 9.17) is 10.5 Å². The molecule has 5 nitrogen and oxygen atoms in total. The Morgan fingerprint density at radius 2 is 1.81 bits per heavy atom. The largest absolute Gasteiger partial charge is 0.481 e. The lowest BCUT2D eigenvalue weighted by molar-refractivity contribution is -0.124. The molecule has 2 aromatic carbocycles. The highest BCUT2D eigenvalue weighted by Gasteiger charge is 2.31.